The molecule has 0 atom stereocenters. The summed E-state index contributed by atoms with van der Waals surface area (Å²) in [5.74, 6) is -0.356. The van der Waals surface area contributed by atoms with Crippen LogP contribution in [0.5, 0.6) is 5.75 Å². The summed E-state index contributed by atoms with van der Waals surface area (Å²) in [6, 6.07) is 9.70. The minimum Gasteiger partial charge on any atom is -0.376 e. The second-order valence-corrected chi connectivity index (χ2v) is 7.28. The maximum absolute atomic E-state index is 12.4. The number of halogens is 3. The van der Waals surface area contributed by atoms with Gasteiger partial charge >= 0.3 is 15.6 Å². The standard InChI is InChI=1S/C14H9F3O3S2/c1-8-3-2-4-10-11-7-9(5-6-12(11)21-13(8)10)20-22(18,19)14(15,16)17/h2-7H,1H3. The molecule has 1 aromatic heterocycles. The summed E-state index contributed by atoms with van der Waals surface area (Å²) in [4.78, 5) is 0. The van der Waals surface area contributed by atoms with Gasteiger partial charge in [0.25, 0.3) is 0 Å². The molecule has 2 aromatic carbocycles. The Morgan fingerprint density at radius 3 is 2.50 bits per heavy atom. The first-order valence-electron chi connectivity index (χ1n) is 6.12. The third-order valence-corrected chi connectivity index (χ3v) is 5.46. The van der Waals surface area contributed by atoms with Crippen LogP contribution >= 0.6 is 11.3 Å². The van der Waals surface area contributed by atoms with Crippen LogP contribution in [0.25, 0.3) is 20.2 Å². The molecule has 0 aliphatic heterocycles. The molecule has 1 heterocycles. The average Bonchev–Trinajstić information content (AvgIpc) is 2.77. The van der Waals surface area contributed by atoms with E-state index in [0.29, 0.717) is 5.39 Å². The van der Waals surface area contributed by atoms with Crippen LogP contribution in [0.3, 0.4) is 0 Å². The predicted molar refractivity (Wildman–Crippen MR) is 79.7 cm³/mol. The van der Waals surface area contributed by atoms with Gasteiger partial charge in [0.1, 0.15) is 5.75 Å². The van der Waals surface area contributed by atoms with E-state index in [4.69, 9.17) is 0 Å². The summed E-state index contributed by atoms with van der Waals surface area (Å²) in [6.07, 6.45) is 0. The Balaban J connectivity index is 2.14. The minimum atomic E-state index is -5.66. The van der Waals surface area contributed by atoms with E-state index < -0.39 is 15.6 Å². The van der Waals surface area contributed by atoms with Gasteiger partial charge < -0.3 is 4.18 Å². The van der Waals surface area contributed by atoms with Crippen LogP contribution < -0.4 is 4.18 Å². The Morgan fingerprint density at radius 1 is 1.09 bits per heavy atom. The number of alkyl halides is 3. The highest BCUT2D eigenvalue weighted by Gasteiger charge is 2.48. The van der Waals surface area contributed by atoms with Gasteiger partial charge in [0.2, 0.25) is 0 Å². The molecule has 116 valence electrons. The number of hydrogen-bond acceptors (Lipinski definition) is 4. The van der Waals surface area contributed by atoms with Crippen molar-refractivity contribution in [1.82, 2.24) is 0 Å². The molecule has 0 spiro atoms. The summed E-state index contributed by atoms with van der Waals surface area (Å²) in [6.45, 7) is 1.93. The number of thiophene rings is 1. The van der Waals surface area contributed by atoms with Crippen molar-refractivity contribution in [1.29, 1.82) is 0 Å². The molecule has 3 aromatic rings. The fourth-order valence-electron chi connectivity index (χ4n) is 2.14. The number of hydrogen-bond donors (Lipinski definition) is 0. The second kappa shape index (κ2) is 4.85. The van der Waals surface area contributed by atoms with Crippen molar-refractivity contribution in [2.24, 2.45) is 0 Å². The van der Waals surface area contributed by atoms with Crippen molar-refractivity contribution in [2.45, 2.75) is 12.4 Å². The highest BCUT2D eigenvalue weighted by atomic mass is 32.2. The van der Waals surface area contributed by atoms with E-state index in [1.54, 1.807) is 6.07 Å². The van der Waals surface area contributed by atoms with Crippen LogP contribution in [0.2, 0.25) is 0 Å². The van der Waals surface area contributed by atoms with E-state index >= 15 is 0 Å². The van der Waals surface area contributed by atoms with Gasteiger partial charge in [0.15, 0.2) is 0 Å². The molecule has 0 saturated carbocycles. The quantitative estimate of drug-likeness (QED) is 0.503. The Labute approximate surface area is 128 Å². The molecule has 3 rings (SSSR count). The molecule has 0 bridgehead atoms. The molecule has 0 unspecified atom stereocenters. The van der Waals surface area contributed by atoms with E-state index in [2.05, 4.69) is 4.18 Å². The fraction of sp³-hybridized carbons (Fsp3) is 0.143. The zero-order valence-corrected chi connectivity index (χ0v) is 12.8. The third-order valence-electron chi connectivity index (χ3n) is 3.15. The lowest BCUT2D eigenvalue weighted by Crippen LogP contribution is -2.28. The van der Waals surface area contributed by atoms with Crippen molar-refractivity contribution < 1.29 is 25.8 Å². The first-order valence-corrected chi connectivity index (χ1v) is 8.34. The third kappa shape index (κ3) is 2.42. The molecule has 22 heavy (non-hydrogen) atoms. The van der Waals surface area contributed by atoms with E-state index in [-0.39, 0.29) is 5.75 Å². The van der Waals surface area contributed by atoms with Crippen molar-refractivity contribution in [3.05, 3.63) is 42.0 Å². The second-order valence-electron chi connectivity index (χ2n) is 4.69. The first-order chi connectivity index (χ1) is 10.2. The van der Waals surface area contributed by atoms with Crippen LogP contribution in [-0.4, -0.2) is 13.9 Å². The molecule has 0 aliphatic rings. The van der Waals surface area contributed by atoms with Crippen molar-refractivity contribution in [2.75, 3.05) is 0 Å². The molecule has 0 fully saturated rings. The smallest absolute Gasteiger partial charge is 0.376 e. The zero-order chi connectivity index (χ0) is 16.1. The Bertz CT molecular complexity index is 972. The van der Waals surface area contributed by atoms with Gasteiger partial charge in [-0.15, -0.1) is 11.3 Å². The lowest BCUT2D eigenvalue weighted by atomic mass is 10.1. The molecule has 0 aliphatic carbocycles. The SMILES string of the molecule is Cc1cccc2c1sc1ccc(OS(=O)(=O)C(F)(F)F)cc12. The van der Waals surface area contributed by atoms with E-state index in [1.165, 1.54) is 23.5 Å². The molecular formula is C14H9F3O3S2. The van der Waals surface area contributed by atoms with Gasteiger partial charge in [0, 0.05) is 20.2 Å². The zero-order valence-electron chi connectivity index (χ0n) is 11.1. The Morgan fingerprint density at radius 2 is 1.82 bits per heavy atom. The maximum Gasteiger partial charge on any atom is 0.534 e. The Kier molecular flexibility index (Phi) is 3.33. The monoisotopic (exact) mass is 346 g/mol. The minimum absolute atomic E-state index is 0.356. The molecule has 3 nitrogen and oxygen atoms in total. The van der Waals surface area contributed by atoms with Crippen LogP contribution in [0.4, 0.5) is 13.2 Å². The van der Waals surface area contributed by atoms with Gasteiger partial charge in [-0.2, -0.15) is 21.6 Å². The molecule has 0 radical (unpaired) electrons. The first kappa shape index (κ1) is 15.1. The number of fused-ring (bicyclic) bond motifs is 3. The van der Waals surface area contributed by atoms with Crippen molar-refractivity contribution in [3.8, 4) is 5.75 Å². The summed E-state index contributed by atoms with van der Waals surface area (Å²) >= 11 is 1.49. The van der Waals surface area contributed by atoms with Crippen LogP contribution in [0, 0.1) is 6.92 Å². The van der Waals surface area contributed by atoms with Gasteiger partial charge in [-0.25, -0.2) is 0 Å². The van der Waals surface area contributed by atoms with Gasteiger partial charge in [-0.05, 0) is 30.7 Å². The molecular weight excluding hydrogens is 337 g/mol. The highest BCUT2D eigenvalue weighted by molar-refractivity contribution is 7.88. The fourth-order valence-corrected chi connectivity index (χ4v) is 3.75. The van der Waals surface area contributed by atoms with Crippen LogP contribution in [0.1, 0.15) is 5.56 Å². The van der Waals surface area contributed by atoms with Crippen molar-refractivity contribution in [3.63, 3.8) is 0 Å². The molecule has 0 N–H and O–H groups in total. The summed E-state index contributed by atoms with van der Waals surface area (Å²) in [7, 11) is -5.66. The van der Waals surface area contributed by atoms with Crippen LogP contribution in [-0.2, 0) is 10.1 Å². The lowest BCUT2D eigenvalue weighted by molar-refractivity contribution is -0.0500. The predicted octanol–water partition coefficient (Wildman–Crippen LogP) is 4.59. The maximum atomic E-state index is 12.4. The van der Waals surface area contributed by atoms with Crippen molar-refractivity contribution >= 4 is 41.6 Å². The molecule has 0 amide bonds. The van der Waals surface area contributed by atoms with E-state index in [1.807, 2.05) is 25.1 Å². The van der Waals surface area contributed by atoms with Gasteiger partial charge in [0.05, 0.1) is 0 Å². The Hall–Kier alpha value is -1.80. The normalized spacial score (nSPS) is 12.9. The number of benzene rings is 2. The van der Waals surface area contributed by atoms with E-state index in [0.717, 1.165) is 20.3 Å². The van der Waals surface area contributed by atoms with Crippen LogP contribution in [0.15, 0.2) is 36.4 Å². The largest absolute Gasteiger partial charge is 0.534 e. The summed E-state index contributed by atoms with van der Waals surface area (Å²) < 4.78 is 65.3. The summed E-state index contributed by atoms with van der Waals surface area (Å²) in [5, 5.41) is 1.52. The summed E-state index contributed by atoms with van der Waals surface area (Å²) in [5.41, 5.74) is -4.40. The topological polar surface area (TPSA) is 43.4 Å². The molecule has 0 saturated heterocycles. The van der Waals surface area contributed by atoms with Gasteiger partial charge in [-0.3, -0.25) is 0 Å². The van der Waals surface area contributed by atoms with Gasteiger partial charge in [-0.1, -0.05) is 18.2 Å². The lowest BCUT2D eigenvalue weighted by Gasteiger charge is -2.09. The molecule has 8 heteroatoms. The van der Waals surface area contributed by atoms with E-state index in [9.17, 15) is 21.6 Å². The number of rotatable bonds is 2. The number of aryl methyl sites for hydroxylation is 1. The average molecular weight is 346 g/mol. The highest BCUT2D eigenvalue weighted by Crippen LogP contribution is 2.38.